The highest BCUT2D eigenvalue weighted by molar-refractivity contribution is 6.09. The molecular weight excluding hydrogens is 364 g/mol. The Bertz CT molecular complexity index is 1060. The first kappa shape index (κ1) is 19.1. The Morgan fingerprint density at radius 2 is 2.10 bits per heavy atom. The number of amides is 1. The summed E-state index contributed by atoms with van der Waals surface area (Å²) in [7, 11) is 0. The van der Waals surface area contributed by atoms with Gasteiger partial charge in [0.25, 0.3) is 5.91 Å². The molecule has 1 atom stereocenters. The second kappa shape index (κ2) is 7.99. The van der Waals surface area contributed by atoms with Crippen LogP contribution in [0.5, 0.6) is 0 Å². The second-order valence-electron chi connectivity index (χ2n) is 7.74. The van der Waals surface area contributed by atoms with Crippen LogP contribution in [0.3, 0.4) is 0 Å². The summed E-state index contributed by atoms with van der Waals surface area (Å²) in [5.74, 6) is -0.116. The minimum Gasteiger partial charge on any atom is -0.503 e. The van der Waals surface area contributed by atoms with Crippen molar-refractivity contribution in [1.82, 2.24) is 19.4 Å². The smallest absolute Gasteiger partial charge is 0.289 e. The van der Waals surface area contributed by atoms with Crippen molar-refractivity contribution < 1.29 is 9.90 Å². The van der Waals surface area contributed by atoms with Crippen molar-refractivity contribution in [2.75, 3.05) is 6.54 Å². The van der Waals surface area contributed by atoms with Gasteiger partial charge in [-0.3, -0.25) is 4.79 Å². The van der Waals surface area contributed by atoms with Crippen LogP contribution in [-0.4, -0.2) is 43.0 Å². The largest absolute Gasteiger partial charge is 0.503 e. The number of aliphatic hydroxyl groups excluding tert-OH is 1. The first-order valence-corrected chi connectivity index (χ1v) is 10.0. The molecule has 2 aromatic heterocycles. The Labute approximate surface area is 170 Å². The number of para-hydroxylation sites is 1. The number of aliphatic hydroxyl groups is 1. The summed E-state index contributed by atoms with van der Waals surface area (Å²) in [4.78, 5) is 22.0. The van der Waals surface area contributed by atoms with Gasteiger partial charge in [0.2, 0.25) is 0 Å². The third kappa shape index (κ3) is 3.70. The van der Waals surface area contributed by atoms with Crippen LogP contribution in [0.2, 0.25) is 0 Å². The van der Waals surface area contributed by atoms with Crippen molar-refractivity contribution in [1.29, 1.82) is 0 Å². The molecule has 150 valence electrons. The van der Waals surface area contributed by atoms with E-state index in [1.165, 1.54) is 0 Å². The van der Waals surface area contributed by atoms with E-state index in [-0.39, 0.29) is 17.7 Å². The number of carbonyl (C=O) groups is 1. The Kier molecular flexibility index (Phi) is 5.25. The summed E-state index contributed by atoms with van der Waals surface area (Å²) in [5.41, 5.74) is 2.54. The minimum atomic E-state index is -0.311. The SMILES string of the molecule is CC(C)C=CC1C(c2c[nH]c3ccccc23)=C(O)C(=O)N1CCCn1ccnc1. The third-order valence-electron chi connectivity index (χ3n) is 5.28. The lowest BCUT2D eigenvalue weighted by Gasteiger charge is -2.24. The number of carbonyl (C=O) groups excluding carboxylic acids is 1. The minimum absolute atomic E-state index is 0.157. The van der Waals surface area contributed by atoms with Crippen molar-refractivity contribution in [2.45, 2.75) is 32.9 Å². The van der Waals surface area contributed by atoms with Crippen LogP contribution in [0, 0.1) is 5.92 Å². The molecule has 6 nitrogen and oxygen atoms in total. The number of nitrogens with one attached hydrogen (secondary N) is 1. The lowest BCUT2D eigenvalue weighted by molar-refractivity contribution is -0.128. The zero-order valence-corrected chi connectivity index (χ0v) is 16.7. The third-order valence-corrected chi connectivity index (χ3v) is 5.28. The van der Waals surface area contributed by atoms with Crippen molar-refractivity contribution >= 4 is 22.4 Å². The zero-order chi connectivity index (χ0) is 20.4. The van der Waals surface area contributed by atoms with E-state index in [1.54, 1.807) is 17.4 Å². The number of hydrogen-bond donors (Lipinski definition) is 2. The fourth-order valence-corrected chi connectivity index (χ4v) is 3.87. The summed E-state index contributed by atoms with van der Waals surface area (Å²) in [6.45, 7) is 5.53. The molecule has 29 heavy (non-hydrogen) atoms. The number of aryl methyl sites for hydroxylation is 1. The summed E-state index contributed by atoms with van der Waals surface area (Å²) in [6.07, 6.45) is 12.2. The molecule has 6 heteroatoms. The fourth-order valence-electron chi connectivity index (χ4n) is 3.87. The molecule has 0 radical (unpaired) electrons. The van der Waals surface area contributed by atoms with E-state index in [2.05, 4.69) is 29.9 Å². The number of hydrogen-bond acceptors (Lipinski definition) is 3. The first-order chi connectivity index (χ1) is 14.1. The molecule has 0 fully saturated rings. The number of allylic oxidation sites excluding steroid dienone is 1. The molecule has 0 aliphatic carbocycles. The zero-order valence-electron chi connectivity index (χ0n) is 16.7. The molecule has 0 saturated heterocycles. The fraction of sp³-hybridized carbons (Fsp3) is 0.304. The maximum Gasteiger partial charge on any atom is 0.289 e. The van der Waals surface area contributed by atoms with E-state index in [9.17, 15) is 9.90 Å². The topological polar surface area (TPSA) is 74.2 Å². The highest BCUT2D eigenvalue weighted by Crippen LogP contribution is 2.37. The molecular formula is C23H26N4O2. The number of rotatable bonds is 7. The van der Waals surface area contributed by atoms with Crippen LogP contribution >= 0.6 is 0 Å². The molecule has 1 aliphatic rings. The van der Waals surface area contributed by atoms with E-state index in [1.807, 2.05) is 47.3 Å². The number of fused-ring (bicyclic) bond motifs is 1. The Morgan fingerprint density at radius 3 is 2.86 bits per heavy atom. The number of benzene rings is 1. The standard InChI is InChI=1S/C23H26N4O2/c1-16(2)8-9-20-21(18-14-25-19-7-4-3-6-17(18)19)22(28)23(29)27(20)12-5-11-26-13-10-24-15-26/h3-4,6-10,13-16,20,25,28H,5,11-12H2,1-2H3. The van der Waals surface area contributed by atoms with Crippen LogP contribution < -0.4 is 0 Å². The van der Waals surface area contributed by atoms with Crippen LogP contribution in [0.15, 0.2) is 67.1 Å². The molecule has 1 unspecified atom stereocenters. The molecule has 0 saturated carbocycles. The van der Waals surface area contributed by atoms with E-state index in [0.29, 0.717) is 18.0 Å². The Hall–Kier alpha value is -3.28. The summed E-state index contributed by atoms with van der Waals surface area (Å²) in [5, 5.41) is 11.8. The number of aromatic amines is 1. The van der Waals surface area contributed by atoms with E-state index in [0.717, 1.165) is 29.4 Å². The number of H-pyrrole nitrogens is 1. The van der Waals surface area contributed by atoms with Crippen molar-refractivity contribution in [3.63, 3.8) is 0 Å². The molecule has 1 aromatic carbocycles. The predicted molar refractivity (Wildman–Crippen MR) is 114 cm³/mol. The highest BCUT2D eigenvalue weighted by atomic mass is 16.3. The average molecular weight is 390 g/mol. The van der Waals surface area contributed by atoms with Gasteiger partial charge in [0.15, 0.2) is 5.76 Å². The molecule has 4 rings (SSSR count). The molecule has 0 spiro atoms. The van der Waals surface area contributed by atoms with Gasteiger partial charge in [0, 0.05) is 53.7 Å². The van der Waals surface area contributed by atoms with Gasteiger partial charge < -0.3 is 19.6 Å². The van der Waals surface area contributed by atoms with Crippen molar-refractivity contribution in [3.05, 3.63) is 72.7 Å². The molecule has 3 aromatic rings. The molecule has 1 amide bonds. The number of nitrogens with zero attached hydrogens (tertiary/aromatic N) is 3. The van der Waals surface area contributed by atoms with Gasteiger partial charge in [-0.05, 0) is 18.4 Å². The van der Waals surface area contributed by atoms with E-state index in [4.69, 9.17) is 0 Å². The average Bonchev–Trinajstić information content (AvgIpc) is 3.42. The van der Waals surface area contributed by atoms with Crippen LogP contribution in [0.4, 0.5) is 0 Å². The van der Waals surface area contributed by atoms with Gasteiger partial charge in [-0.15, -0.1) is 0 Å². The van der Waals surface area contributed by atoms with Crippen LogP contribution in [0.25, 0.3) is 16.5 Å². The Balaban J connectivity index is 1.66. The van der Waals surface area contributed by atoms with E-state index < -0.39 is 0 Å². The van der Waals surface area contributed by atoms with Gasteiger partial charge in [0.05, 0.1) is 12.4 Å². The highest BCUT2D eigenvalue weighted by Gasteiger charge is 2.39. The second-order valence-corrected chi connectivity index (χ2v) is 7.74. The maximum atomic E-state index is 12.9. The van der Waals surface area contributed by atoms with Gasteiger partial charge in [-0.2, -0.15) is 0 Å². The lowest BCUT2D eigenvalue weighted by atomic mass is 9.97. The van der Waals surface area contributed by atoms with Crippen molar-refractivity contribution in [2.24, 2.45) is 5.92 Å². The first-order valence-electron chi connectivity index (χ1n) is 10.0. The molecule has 1 aliphatic heterocycles. The summed E-state index contributed by atoms with van der Waals surface area (Å²) in [6, 6.07) is 7.66. The molecule has 3 heterocycles. The quantitative estimate of drug-likeness (QED) is 0.595. The van der Waals surface area contributed by atoms with Gasteiger partial charge in [-0.1, -0.05) is 44.2 Å². The van der Waals surface area contributed by atoms with Crippen LogP contribution in [0.1, 0.15) is 25.8 Å². The molecule has 0 bridgehead atoms. The number of aromatic nitrogens is 3. The van der Waals surface area contributed by atoms with Gasteiger partial charge in [-0.25, -0.2) is 4.98 Å². The summed E-state index contributed by atoms with van der Waals surface area (Å²) < 4.78 is 1.99. The maximum absolute atomic E-state index is 12.9. The van der Waals surface area contributed by atoms with Crippen LogP contribution in [-0.2, 0) is 11.3 Å². The monoisotopic (exact) mass is 390 g/mol. The predicted octanol–water partition coefficient (Wildman–Crippen LogP) is 4.15. The van der Waals surface area contributed by atoms with E-state index >= 15 is 0 Å². The Morgan fingerprint density at radius 1 is 1.28 bits per heavy atom. The van der Waals surface area contributed by atoms with Gasteiger partial charge in [0.1, 0.15) is 0 Å². The van der Waals surface area contributed by atoms with Crippen molar-refractivity contribution in [3.8, 4) is 0 Å². The van der Waals surface area contributed by atoms with Gasteiger partial charge >= 0.3 is 0 Å². The lowest BCUT2D eigenvalue weighted by Crippen LogP contribution is -2.35. The summed E-state index contributed by atoms with van der Waals surface area (Å²) >= 11 is 0. The normalized spacial score (nSPS) is 17.6. The molecule has 2 N–H and O–H groups in total. The number of imidazole rings is 1.